The number of thiocarbonyl (C=S) groups is 1. The Morgan fingerprint density at radius 3 is 2.67 bits per heavy atom. The molecule has 5 nitrogen and oxygen atoms in total. The molecule has 3 rings (SSSR count). The number of anilines is 2. The number of carbonyl (C=O) groups is 1. The number of hydrogen-bond acceptors (Lipinski definition) is 3. The molecule has 0 fully saturated rings. The molecule has 0 aromatic heterocycles. The molecule has 0 unspecified atom stereocenters. The second-order valence-corrected chi connectivity index (χ2v) is 5.47. The van der Waals surface area contributed by atoms with Crippen molar-refractivity contribution in [2.75, 3.05) is 17.3 Å². The lowest BCUT2D eigenvalue weighted by atomic mass is 10.1. The van der Waals surface area contributed by atoms with E-state index < -0.39 is 11.6 Å². The van der Waals surface area contributed by atoms with E-state index in [4.69, 9.17) is 12.2 Å². The first-order valence-corrected chi connectivity index (χ1v) is 7.35. The average molecular weight is 346 g/mol. The zero-order chi connectivity index (χ0) is 17.3. The van der Waals surface area contributed by atoms with Gasteiger partial charge in [0.1, 0.15) is 11.6 Å². The minimum absolute atomic E-state index is 0.0513. The fourth-order valence-electron chi connectivity index (χ4n) is 2.31. The van der Waals surface area contributed by atoms with Crippen LogP contribution in [0.25, 0.3) is 0 Å². The van der Waals surface area contributed by atoms with Crippen LogP contribution in [0.3, 0.4) is 0 Å². The fourth-order valence-corrected chi connectivity index (χ4v) is 2.48. The Kier molecular flexibility index (Phi) is 4.22. The van der Waals surface area contributed by atoms with Crippen molar-refractivity contribution >= 4 is 40.3 Å². The van der Waals surface area contributed by atoms with Gasteiger partial charge in [-0.25, -0.2) is 8.78 Å². The minimum Gasteiger partial charge on any atom is -0.331 e. The molecule has 0 radical (unpaired) electrons. The summed E-state index contributed by atoms with van der Waals surface area (Å²) >= 11 is 5.06. The smallest absolute Gasteiger partial charge is 0.279 e. The van der Waals surface area contributed by atoms with Crippen molar-refractivity contribution in [3.05, 3.63) is 59.7 Å². The quantitative estimate of drug-likeness (QED) is 0.648. The van der Waals surface area contributed by atoms with Crippen LogP contribution < -0.4 is 15.6 Å². The molecule has 8 heteroatoms. The van der Waals surface area contributed by atoms with Gasteiger partial charge < -0.3 is 10.2 Å². The Bertz CT molecular complexity index is 869. The molecule has 1 heterocycles. The number of hydrogen-bond donors (Lipinski definition) is 2. The predicted molar refractivity (Wildman–Crippen MR) is 92.1 cm³/mol. The second kappa shape index (κ2) is 6.32. The SMILES string of the molecule is CN1C(=O)/C(=N\NC(=S)Nc2cccc(F)c2)c2cc(F)ccc21. The van der Waals surface area contributed by atoms with Crippen molar-refractivity contribution in [3.63, 3.8) is 0 Å². The van der Waals surface area contributed by atoms with Gasteiger partial charge in [0.2, 0.25) is 0 Å². The van der Waals surface area contributed by atoms with E-state index >= 15 is 0 Å². The van der Waals surface area contributed by atoms with E-state index in [1.165, 1.54) is 41.3 Å². The number of carbonyl (C=O) groups excluding carboxylic acids is 1. The van der Waals surface area contributed by atoms with Crippen molar-refractivity contribution in [1.82, 2.24) is 5.43 Å². The summed E-state index contributed by atoms with van der Waals surface area (Å²) in [6.07, 6.45) is 0. The Balaban J connectivity index is 1.78. The average Bonchev–Trinajstić information content (AvgIpc) is 2.76. The molecule has 0 saturated heterocycles. The van der Waals surface area contributed by atoms with Gasteiger partial charge >= 0.3 is 0 Å². The van der Waals surface area contributed by atoms with E-state index in [0.717, 1.165) is 0 Å². The van der Waals surface area contributed by atoms with Crippen molar-refractivity contribution in [2.24, 2.45) is 5.10 Å². The maximum Gasteiger partial charge on any atom is 0.279 e. The normalized spacial score (nSPS) is 14.7. The van der Waals surface area contributed by atoms with Gasteiger partial charge in [0, 0.05) is 18.3 Å². The molecular weight excluding hydrogens is 334 g/mol. The lowest BCUT2D eigenvalue weighted by molar-refractivity contribution is -0.111. The van der Waals surface area contributed by atoms with Crippen LogP contribution in [0.2, 0.25) is 0 Å². The van der Waals surface area contributed by atoms with Gasteiger partial charge in [0.15, 0.2) is 10.8 Å². The number of likely N-dealkylation sites (N-methyl/N-ethyl adjacent to an activating group) is 1. The zero-order valence-electron chi connectivity index (χ0n) is 12.5. The Hall–Kier alpha value is -2.87. The van der Waals surface area contributed by atoms with Crippen LogP contribution in [0, 0.1) is 11.6 Å². The Morgan fingerprint density at radius 2 is 1.92 bits per heavy atom. The van der Waals surface area contributed by atoms with Crippen LogP contribution in [-0.2, 0) is 4.79 Å². The summed E-state index contributed by atoms with van der Waals surface area (Å²) in [5.74, 6) is -1.26. The molecule has 2 aromatic carbocycles. The summed E-state index contributed by atoms with van der Waals surface area (Å²) in [5.41, 5.74) is 3.95. The summed E-state index contributed by atoms with van der Waals surface area (Å²) in [4.78, 5) is 13.6. The van der Waals surface area contributed by atoms with Crippen molar-refractivity contribution < 1.29 is 13.6 Å². The van der Waals surface area contributed by atoms with Crippen molar-refractivity contribution in [1.29, 1.82) is 0 Å². The maximum absolute atomic E-state index is 13.4. The number of nitrogens with zero attached hydrogens (tertiary/aromatic N) is 2. The van der Waals surface area contributed by atoms with Crippen LogP contribution in [0.15, 0.2) is 47.6 Å². The summed E-state index contributed by atoms with van der Waals surface area (Å²) in [7, 11) is 1.57. The highest BCUT2D eigenvalue weighted by Gasteiger charge is 2.32. The van der Waals surface area contributed by atoms with E-state index in [2.05, 4.69) is 15.8 Å². The second-order valence-electron chi connectivity index (χ2n) is 5.06. The van der Waals surface area contributed by atoms with Gasteiger partial charge in [-0.05, 0) is 48.6 Å². The lowest BCUT2D eigenvalue weighted by Gasteiger charge is -2.08. The minimum atomic E-state index is -0.468. The largest absolute Gasteiger partial charge is 0.331 e. The highest BCUT2D eigenvalue weighted by Crippen LogP contribution is 2.28. The Labute approximate surface area is 142 Å². The van der Waals surface area contributed by atoms with E-state index in [9.17, 15) is 13.6 Å². The summed E-state index contributed by atoms with van der Waals surface area (Å²) in [5, 5.41) is 6.79. The molecule has 0 aliphatic carbocycles. The monoisotopic (exact) mass is 346 g/mol. The number of benzene rings is 2. The van der Waals surface area contributed by atoms with E-state index in [-0.39, 0.29) is 16.7 Å². The Morgan fingerprint density at radius 1 is 1.17 bits per heavy atom. The maximum atomic E-state index is 13.4. The first kappa shape index (κ1) is 16.0. The van der Waals surface area contributed by atoms with Gasteiger partial charge in [-0.1, -0.05) is 6.07 Å². The number of hydrazone groups is 1. The van der Waals surface area contributed by atoms with Gasteiger partial charge in [-0.3, -0.25) is 10.2 Å². The van der Waals surface area contributed by atoms with Crippen LogP contribution in [0.4, 0.5) is 20.2 Å². The molecule has 122 valence electrons. The molecule has 24 heavy (non-hydrogen) atoms. The highest BCUT2D eigenvalue weighted by atomic mass is 32.1. The number of nitrogens with one attached hydrogen (secondary N) is 2. The molecule has 2 aromatic rings. The molecule has 1 aliphatic rings. The first-order valence-electron chi connectivity index (χ1n) is 6.94. The summed E-state index contributed by atoms with van der Waals surface area (Å²) in [6, 6.07) is 9.74. The van der Waals surface area contributed by atoms with Crippen LogP contribution in [0.1, 0.15) is 5.56 Å². The first-order chi connectivity index (χ1) is 11.5. The molecule has 0 saturated carbocycles. The molecular formula is C16H12F2N4OS. The van der Waals surface area contributed by atoms with Crippen LogP contribution in [-0.4, -0.2) is 23.8 Å². The summed E-state index contributed by atoms with van der Waals surface area (Å²) in [6.45, 7) is 0. The highest BCUT2D eigenvalue weighted by molar-refractivity contribution is 7.80. The topological polar surface area (TPSA) is 56.7 Å². The van der Waals surface area contributed by atoms with Gasteiger partial charge in [-0.15, -0.1) is 0 Å². The standard InChI is InChI=1S/C16H12F2N4OS/c1-22-13-6-5-10(18)8-12(13)14(15(22)23)20-21-16(24)19-11-4-2-3-9(17)7-11/h2-8H,1H3,(H2,19,21,24)/b20-14-. The van der Waals surface area contributed by atoms with E-state index in [1.807, 2.05) is 0 Å². The fraction of sp³-hybridized carbons (Fsp3) is 0.0625. The van der Waals surface area contributed by atoms with Crippen LogP contribution in [0.5, 0.6) is 0 Å². The van der Waals surface area contributed by atoms with Crippen molar-refractivity contribution in [2.45, 2.75) is 0 Å². The third kappa shape index (κ3) is 3.09. The van der Waals surface area contributed by atoms with Gasteiger partial charge in [0.25, 0.3) is 5.91 Å². The van der Waals surface area contributed by atoms with E-state index in [1.54, 1.807) is 13.1 Å². The van der Waals surface area contributed by atoms with Crippen molar-refractivity contribution in [3.8, 4) is 0 Å². The number of fused-ring (bicyclic) bond motifs is 1. The number of halogens is 2. The molecule has 0 spiro atoms. The number of rotatable bonds is 2. The predicted octanol–water partition coefficient (Wildman–Crippen LogP) is 2.63. The summed E-state index contributed by atoms with van der Waals surface area (Å²) < 4.78 is 26.6. The van der Waals surface area contributed by atoms with Gasteiger partial charge in [0.05, 0.1) is 5.69 Å². The number of amides is 1. The molecule has 1 aliphatic heterocycles. The third-order valence-corrected chi connectivity index (χ3v) is 3.63. The molecule has 1 amide bonds. The lowest BCUT2D eigenvalue weighted by Crippen LogP contribution is -2.30. The van der Waals surface area contributed by atoms with E-state index in [0.29, 0.717) is 16.9 Å². The van der Waals surface area contributed by atoms with Gasteiger partial charge in [-0.2, -0.15) is 5.10 Å². The van der Waals surface area contributed by atoms with Crippen LogP contribution >= 0.6 is 12.2 Å². The molecule has 0 bridgehead atoms. The zero-order valence-corrected chi connectivity index (χ0v) is 13.3. The molecule has 0 atom stereocenters. The molecule has 2 N–H and O–H groups in total. The third-order valence-electron chi connectivity index (χ3n) is 3.43.